The van der Waals surface area contributed by atoms with E-state index in [0.717, 1.165) is 0 Å². The minimum absolute atomic E-state index is 0.257. The first-order valence-electron chi connectivity index (χ1n) is 3.87. The standard InChI is InChI=1S/C8H17OSi/c1-5-9-8(4)10(6-2)7-3/h5,8H,1,6-7H2,2-4H3. The summed E-state index contributed by atoms with van der Waals surface area (Å²) in [6, 6.07) is 2.58. The van der Waals surface area contributed by atoms with E-state index >= 15 is 0 Å². The third kappa shape index (κ3) is 3.06. The molecule has 59 valence electrons. The van der Waals surface area contributed by atoms with Gasteiger partial charge in [0.05, 0.1) is 20.8 Å². The SMILES string of the molecule is C=COC(C)[Si](CC)CC. The molecule has 0 rings (SSSR count). The molecule has 0 saturated carbocycles. The lowest BCUT2D eigenvalue weighted by Crippen LogP contribution is -2.27. The van der Waals surface area contributed by atoms with Gasteiger partial charge in [0, 0.05) is 0 Å². The molecule has 2 heteroatoms. The van der Waals surface area contributed by atoms with Crippen molar-refractivity contribution >= 4 is 8.80 Å². The summed E-state index contributed by atoms with van der Waals surface area (Å²) in [4.78, 5) is 0. The molecule has 0 saturated heterocycles. The van der Waals surface area contributed by atoms with Crippen LogP contribution in [0.1, 0.15) is 20.8 Å². The maximum absolute atomic E-state index is 5.29. The van der Waals surface area contributed by atoms with Gasteiger partial charge in [0.25, 0.3) is 0 Å². The highest BCUT2D eigenvalue weighted by Crippen LogP contribution is 2.06. The zero-order valence-corrected chi connectivity index (χ0v) is 8.18. The smallest absolute Gasteiger partial charge is 0.0996 e. The summed E-state index contributed by atoms with van der Waals surface area (Å²) in [5.41, 5.74) is 0.428. The van der Waals surface area contributed by atoms with Crippen molar-refractivity contribution in [2.75, 3.05) is 0 Å². The normalized spacial score (nSPS) is 13.2. The van der Waals surface area contributed by atoms with Gasteiger partial charge in [-0.15, -0.1) is 0 Å². The average Bonchev–Trinajstić information content (AvgIpc) is 1.91. The Morgan fingerprint density at radius 3 is 2.30 bits per heavy atom. The van der Waals surface area contributed by atoms with Crippen molar-refractivity contribution < 1.29 is 4.74 Å². The van der Waals surface area contributed by atoms with Crippen molar-refractivity contribution in [1.29, 1.82) is 0 Å². The molecule has 0 aliphatic rings. The zero-order chi connectivity index (χ0) is 7.98. The molecule has 0 heterocycles. The molecule has 0 amide bonds. The molecule has 0 bridgehead atoms. The lowest BCUT2D eigenvalue weighted by molar-refractivity contribution is 0.225. The van der Waals surface area contributed by atoms with E-state index in [0.29, 0.717) is 5.73 Å². The molecule has 0 fully saturated rings. The lowest BCUT2D eigenvalue weighted by Gasteiger charge is -2.18. The minimum Gasteiger partial charge on any atom is -0.503 e. The number of hydrogen-bond acceptors (Lipinski definition) is 1. The van der Waals surface area contributed by atoms with Crippen molar-refractivity contribution in [3.8, 4) is 0 Å². The van der Waals surface area contributed by atoms with Crippen LogP contribution in [-0.4, -0.2) is 14.5 Å². The summed E-state index contributed by atoms with van der Waals surface area (Å²) in [5, 5.41) is 0. The van der Waals surface area contributed by atoms with Gasteiger partial charge in [-0.2, -0.15) is 0 Å². The summed E-state index contributed by atoms with van der Waals surface area (Å²) in [6.07, 6.45) is 1.56. The van der Waals surface area contributed by atoms with Gasteiger partial charge >= 0.3 is 0 Å². The molecular formula is C8H17OSi. The maximum atomic E-state index is 5.29. The Balaban J connectivity index is 3.63. The summed E-state index contributed by atoms with van der Waals surface area (Å²) in [5.74, 6) is 0. The summed E-state index contributed by atoms with van der Waals surface area (Å²) < 4.78 is 5.29. The molecule has 0 N–H and O–H groups in total. The van der Waals surface area contributed by atoms with Crippen molar-refractivity contribution in [3.05, 3.63) is 12.8 Å². The van der Waals surface area contributed by atoms with Gasteiger partial charge in [-0.3, -0.25) is 0 Å². The van der Waals surface area contributed by atoms with Crippen LogP contribution in [0.25, 0.3) is 0 Å². The first-order valence-corrected chi connectivity index (χ1v) is 5.86. The maximum Gasteiger partial charge on any atom is 0.0996 e. The molecule has 1 nitrogen and oxygen atoms in total. The zero-order valence-electron chi connectivity index (χ0n) is 7.18. The first-order chi connectivity index (χ1) is 4.76. The molecule has 0 aromatic rings. The quantitative estimate of drug-likeness (QED) is 0.440. The second-order valence-electron chi connectivity index (χ2n) is 2.31. The predicted octanol–water partition coefficient (Wildman–Crippen LogP) is 2.61. The minimum atomic E-state index is -0.257. The molecule has 0 spiro atoms. The van der Waals surface area contributed by atoms with Crippen LogP contribution >= 0.6 is 0 Å². The number of rotatable bonds is 5. The molecule has 0 aromatic heterocycles. The predicted molar refractivity (Wildman–Crippen MR) is 47.5 cm³/mol. The van der Waals surface area contributed by atoms with Crippen molar-refractivity contribution in [1.82, 2.24) is 0 Å². The van der Waals surface area contributed by atoms with E-state index in [1.54, 1.807) is 6.26 Å². The topological polar surface area (TPSA) is 9.23 Å². The van der Waals surface area contributed by atoms with Crippen LogP contribution in [0.5, 0.6) is 0 Å². The highest BCUT2D eigenvalue weighted by atomic mass is 28.3. The van der Waals surface area contributed by atoms with E-state index in [2.05, 4.69) is 27.4 Å². The van der Waals surface area contributed by atoms with Gasteiger partial charge in [0.1, 0.15) is 0 Å². The lowest BCUT2D eigenvalue weighted by atomic mass is 10.8. The van der Waals surface area contributed by atoms with Gasteiger partial charge in [-0.1, -0.05) is 32.5 Å². The fourth-order valence-corrected chi connectivity index (χ4v) is 3.00. The van der Waals surface area contributed by atoms with Crippen LogP contribution in [-0.2, 0) is 4.74 Å². The summed E-state index contributed by atoms with van der Waals surface area (Å²) in [6.45, 7) is 10.2. The average molecular weight is 157 g/mol. The van der Waals surface area contributed by atoms with Crippen molar-refractivity contribution in [3.63, 3.8) is 0 Å². The molecule has 10 heavy (non-hydrogen) atoms. The van der Waals surface area contributed by atoms with E-state index < -0.39 is 0 Å². The molecule has 1 radical (unpaired) electrons. The number of ether oxygens (including phenoxy) is 1. The third-order valence-corrected chi connectivity index (χ3v) is 4.89. The van der Waals surface area contributed by atoms with Gasteiger partial charge in [-0.05, 0) is 6.92 Å². The highest BCUT2D eigenvalue weighted by Gasteiger charge is 2.14. The van der Waals surface area contributed by atoms with Gasteiger partial charge in [0.2, 0.25) is 0 Å². The summed E-state index contributed by atoms with van der Waals surface area (Å²) >= 11 is 0. The second-order valence-corrected chi connectivity index (χ2v) is 5.85. The second kappa shape index (κ2) is 5.53. The fraction of sp³-hybridized carbons (Fsp3) is 0.750. The fourth-order valence-electron chi connectivity index (χ4n) is 1.07. The first kappa shape index (κ1) is 9.76. The van der Waals surface area contributed by atoms with Crippen LogP contribution < -0.4 is 0 Å². The monoisotopic (exact) mass is 157 g/mol. The molecule has 0 aliphatic carbocycles. The Labute approximate surface area is 65.7 Å². The number of hydrogen-bond donors (Lipinski definition) is 0. The van der Waals surface area contributed by atoms with Crippen LogP contribution in [0, 0.1) is 0 Å². The van der Waals surface area contributed by atoms with Crippen LogP contribution in [0.3, 0.4) is 0 Å². The molecule has 1 atom stereocenters. The van der Waals surface area contributed by atoms with Crippen LogP contribution in [0.2, 0.25) is 12.1 Å². The van der Waals surface area contributed by atoms with E-state index in [-0.39, 0.29) is 8.80 Å². The Hall–Kier alpha value is -0.243. The molecular weight excluding hydrogens is 140 g/mol. The molecule has 0 aliphatic heterocycles. The van der Waals surface area contributed by atoms with E-state index in [4.69, 9.17) is 4.74 Å². The Kier molecular flexibility index (Phi) is 5.40. The Bertz CT molecular complexity index is 89.3. The summed E-state index contributed by atoms with van der Waals surface area (Å²) in [7, 11) is -0.257. The third-order valence-electron chi connectivity index (χ3n) is 1.78. The van der Waals surface area contributed by atoms with Gasteiger partial charge < -0.3 is 4.74 Å². The Morgan fingerprint density at radius 1 is 1.50 bits per heavy atom. The van der Waals surface area contributed by atoms with E-state index in [1.807, 2.05) is 0 Å². The van der Waals surface area contributed by atoms with E-state index in [9.17, 15) is 0 Å². The molecule has 0 aromatic carbocycles. The van der Waals surface area contributed by atoms with Crippen LogP contribution in [0.4, 0.5) is 0 Å². The van der Waals surface area contributed by atoms with Crippen LogP contribution in [0.15, 0.2) is 12.8 Å². The van der Waals surface area contributed by atoms with E-state index in [1.165, 1.54) is 12.1 Å². The van der Waals surface area contributed by atoms with Crippen molar-refractivity contribution in [2.24, 2.45) is 0 Å². The van der Waals surface area contributed by atoms with Gasteiger partial charge in [0.15, 0.2) is 0 Å². The van der Waals surface area contributed by atoms with Gasteiger partial charge in [-0.25, -0.2) is 0 Å². The molecule has 1 unspecified atom stereocenters. The Morgan fingerprint density at radius 2 is 2.00 bits per heavy atom. The van der Waals surface area contributed by atoms with Crippen molar-refractivity contribution in [2.45, 2.75) is 38.6 Å². The highest BCUT2D eigenvalue weighted by molar-refractivity contribution is 6.59. The largest absolute Gasteiger partial charge is 0.503 e.